The predicted octanol–water partition coefficient (Wildman–Crippen LogP) is 2.84. The standard InChI is InChI=1S/C8H14O2.C7H9N/c1-2-4-8(5-3-1)9-6-7-10-8;8-6-7-4-2-1-3-5-7/h1-7H2;1-5H,6,8H2. The second-order valence-electron chi connectivity index (χ2n) is 4.86. The number of hydrogen-bond donors (Lipinski definition) is 1. The third-order valence-corrected chi connectivity index (χ3v) is 3.51. The molecule has 0 unspecified atom stereocenters. The summed E-state index contributed by atoms with van der Waals surface area (Å²) >= 11 is 0. The van der Waals surface area contributed by atoms with Crippen LogP contribution in [0.25, 0.3) is 0 Å². The fourth-order valence-electron chi connectivity index (χ4n) is 2.49. The molecule has 1 aromatic rings. The molecule has 100 valence electrons. The summed E-state index contributed by atoms with van der Waals surface area (Å²) in [6, 6.07) is 9.99. The molecule has 3 nitrogen and oxygen atoms in total. The van der Waals surface area contributed by atoms with Crippen LogP contribution in [0.2, 0.25) is 0 Å². The van der Waals surface area contributed by atoms with Gasteiger partial charge >= 0.3 is 0 Å². The van der Waals surface area contributed by atoms with Crippen LogP contribution in [0.4, 0.5) is 0 Å². The zero-order valence-electron chi connectivity index (χ0n) is 10.9. The van der Waals surface area contributed by atoms with E-state index in [-0.39, 0.29) is 5.79 Å². The van der Waals surface area contributed by atoms with Crippen LogP contribution in [0.3, 0.4) is 0 Å². The molecule has 0 atom stereocenters. The zero-order valence-corrected chi connectivity index (χ0v) is 10.9. The zero-order chi connectivity index (χ0) is 12.7. The van der Waals surface area contributed by atoms with E-state index in [0.29, 0.717) is 6.54 Å². The van der Waals surface area contributed by atoms with Crippen LogP contribution in [0.1, 0.15) is 37.7 Å². The maximum absolute atomic E-state index is 5.56. The minimum Gasteiger partial charge on any atom is -0.348 e. The van der Waals surface area contributed by atoms with Crippen LogP contribution in [0.15, 0.2) is 30.3 Å². The molecule has 1 saturated heterocycles. The third kappa shape index (κ3) is 3.80. The molecule has 2 N–H and O–H groups in total. The van der Waals surface area contributed by atoms with Gasteiger partial charge in [-0.25, -0.2) is 0 Å². The Bertz CT molecular complexity index is 326. The number of ether oxygens (including phenoxy) is 2. The molecule has 3 heteroatoms. The van der Waals surface area contributed by atoms with Gasteiger partial charge in [-0.2, -0.15) is 0 Å². The molecule has 0 bridgehead atoms. The van der Waals surface area contributed by atoms with Crippen molar-refractivity contribution in [2.45, 2.75) is 44.4 Å². The maximum atomic E-state index is 5.56. The van der Waals surface area contributed by atoms with Crippen LogP contribution in [0, 0.1) is 0 Å². The van der Waals surface area contributed by atoms with Gasteiger partial charge in [0.2, 0.25) is 0 Å². The molecule has 0 amide bonds. The van der Waals surface area contributed by atoms with Gasteiger partial charge in [0, 0.05) is 19.4 Å². The molecule has 1 aliphatic heterocycles. The number of rotatable bonds is 1. The quantitative estimate of drug-likeness (QED) is 0.832. The first kappa shape index (κ1) is 13.5. The van der Waals surface area contributed by atoms with E-state index in [4.69, 9.17) is 15.2 Å². The van der Waals surface area contributed by atoms with Gasteiger partial charge in [0.15, 0.2) is 5.79 Å². The Morgan fingerprint density at radius 2 is 1.56 bits per heavy atom. The largest absolute Gasteiger partial charge is 0.348 e. The van der Waals surface area contributed by atoms with E-state index in [9.17, 15) is 0 Å². The van der Waals surface area contributed by atoms with Crippen LogP contribution in [0.5, 0.6) is 0 Å². The number of benzene rings is 1. The first-order valence-electron chi connectivity index (χ1n) is 6.87. The summed E-state index contributed by atoms with van der Waals surface area (Å²) < 4.78 is 11.1. The van der Waals surface area contributed by atoms with Crippen molar-refractivity contribution in [1.82, 2.24) is 0 Å². The molecule has 1 spiro atoms. The molecule has 1 aliphatic carbocycles. The Morgan fingerprint density at radius 1 is 0.944 bits per heavy atom. The highest BCUT2D eigenvalue weighted by atomic mass is 16.7. The van der Waals surface area contributed by atoms with E-state index in [2.05, 4.69) is 0 Å². The molecule has 0 radical (unpaired) electrons. The fourth-order valence-corrected chi connectivity index (χ4v) is 2.49. The maximum Gasteiger partial charge on any atom is 0.168 e. The van der Waals surface area contributed by atoms with Gasteiger partial charge in [-0.3, -0.25) is 0 Å². The lowest BCUT2D eigenvalue weighted by Crippen LogP contribution is -2.32. The Labute approximate surface area is 109 Å². The lowest BCUT2D eigenvalue weighted by Gasteiger charge is -2.30. The van der Waals surface area contributed by atoms with Crippen molar-refractivity contribution in [3.05, 3.63) is 35.9 Å². The van der Waals surface area contributed by atoms with Crippen LogP contribution < -0.4 is 5.73 Å². The minimum absolute atomic E-state index is 0.127. The molecule has 1 heterocycles. The number of nitrogens with two attached hydrogens (primary N) is 1. The van der Waals surface area contributed by atoms with Gasteiger partial charge in [0.05, 0.1) is 13.2 Å². The van der Waals surface area contributed by atoms with Gasteiger partial charge in [0.1, 0.15) is 0 Å². The summed E-state index contributed by atoms with van der Waals surface area (Å²) in [5, 5.41) is 0. The molecule has 1 aromatic carbocycles. The Kier molecular flexibility index (Phi) is 5.17. The van der Waals surface area contributed by atoms with E-state index < -0.39 is 0 Å². The van der Waals surface area contributed by atoms with Gasteiger partial charge in [-0.1, -0.05) is 36.8 Å². The smallest absolute Gasteiger partial charge is 0.168 e. The summed E-state index contributed by atoms with van der Waals surface area (Å²) in [6.07, 6.45) is 6.15. The van der Waals surface area contributed by atoms with E-state index in [1.807, 2.05) is 30.3 Å². The first-order valence-corrected chi connectivity index (χ1v) is 6.87. The van der Waals surface area contributed by atoms with E-state index in [0.717, 1.165) is 26.1 Å². The molecule has 2 fully saturated rings. The van der Waals surface area contributed by atoms with Crippen LogP contribution >= 0.6 is 0 Å². The average molecular weight is 249 g/mol. The van der Waals surface area contributed by atoms with Crippen molar-refractivity contribution < 1.29 is 9.47 Å². The van der Waals surface area contributed by atoms with Crippen LogP contribution in [-0.4, -0.2) is 19.0 Å². The minimum atomic E-state index is -0.127. The van der Waals surface area contributed by atoms with Crippen molar-refractivity contribution in [2.75, 3.05) is 13.2 Å². The highest BCUT2D eigenvalue weighted by Crippen LogP contribution is 2.35. The number of hydrogen-bond acceptors (Lipinski definition) is 3. The van der Waals surface area contributed by atoms with Crippen molar-refractivity contribution in [3.63, 3.8) is 0 Å². The molecular formula is C15H23NO2. The Hall–Kier alpha value is -0.900. The summed E-state index contributed by atoms with van der Waals surface area (Å²) in [4.78, 5) is 0. The lowest BCUT2D eigenvalue weighted by atomic mass is 9.94. The molecule has 3 rings (SSSR count). The van der Waals surface area contributed by atoms with Gasteiger partial charge in [-0.15, -0.1) is 0 Å². The van der Waals surface area contributed by atoms with Crippen molar-refractivity contribution in [3.8, 4) is 0 Å². The topological polar surface area (TPSA) is 44.5 Å². The molecule has 2 aliphatic rings. The normalized spacial score (nSPS) is 21.4. The molecule has 1 saturated carbocycles. The van der Waals surface area contributed by atoms with Crippen LogP contribution in [-0.2, 0) is 16.0 Å². The Morgan fingerprint density at radius 3 is 2.06 bits per heavy atom. The van der Waals surface area contributed by atoms with Gasteiger partial charge < -0.3 is 15.2 Å². The van der Waals surface area contributed by atoms with Crippen molar-refractivity contribution in [1.29, 1.82) is 0 Å². The van der Waals surface area contributed by atoms with Gasteiger partial charge in [-0.05, 0) is 18.4 Å². The van der Waals surface area contributed by atoms with E-state index in [1.54, 1.807) is 0 Å². The summed E-state index contributed by atoms with van der Waals surface area (Å²) in [5.41, 5.74) is 6.54. The van der Waals surface area contributed by atoms with E-state index >= 15 is 0 Å². The van der Waals surface area contributed by atoms with E-state index in [1.165, 1.54) is 24.8 Å². The highest BCUT2D eigenvalue weighted by molar-refractivity contribution is 5.13. The lowest BCUT2D eigenvalue weighted by molar-refractivity contribution is -0.176. The fraction of sp³-hybridized carbons (Fsp3) is 0.600. The molecule has 0 aromatic heterocycles. The van der Waals surface area contributed by atoms with Crippen molar-refractivity contribution in [2.24, 2.45) is 5.73 Å². The van der Waals surface area contributed by atoms with Gasteiger partial charge in [0.25, 0.3) is 0 Å². The second-order valence-corrected chi connectivity index (χ2v) is 4.86. The third-order valence-electron chi connectivity index (χ3n) is 3.51. The summed E-state index contributed by atoms with van der Waals surface area (Å²) in [7, 11) is 0. The highest BCUT2D eigenvalue weighted by Gasteiger charge is 2.37. The first-order chi connectivity index (χ1) is 8.85. The molecule has 18 heavy (non-hydrogen) atoms. The summed E-state index contributed by atoms with van der Waals surface area (Å²) in [6.45, 7) is 2.25. The Balaban J connectivity index is 0.000000138. The van der Waals surface area contributed by atoms with Crippen molar-refractivity contribution >= 4 is 0 Å². The average Bonchev–Trinajstić information content (AvgIpc) is 2.89. The monoisotopic (exact) mass is 249 g/mol. The summed E-state index contributed by atoms with van der Waals surface area (Å²) in [5.74, 6) is -0.127. The molecular weight excluding hydrogens is 226 g/mol. The predicted molar refractivity (Wildman–Crippen MR) is 72.1 cm³/mol. The second kappa shape index (κ2) is 6.88. The SMILES string of the molecule is C1CCC2(CC1)OCCO2.NCc1ccccc1.